The van der Waals surface area contributed by atoms with Crippen molar-refractivity contribution in [1.29, 1.82) is 0 Å². The number of nitrogens with zero attached hydrogens (tertiary/aromatic N) is 1. The molecule has 3 heteroatoms. The number of rotatable bonds is 4. The van der Waals surface area contributed by atoms with E-state index in [2.05, 4.69) is 37.8 Å². The van der Waals surface area contributed by atoms with Gasteiger partial charge in [0.05, 0.1) is 0 Å². The molecule has 1 fully saturated rings. The fourth-order valence-corrected chi connectivity index (χ4v) is 4.32. The Morgan fingerprint density at radius 1 is 0.960 bits per heavy atom. The van der Waals surface area contributed by atoms with Gasteiger partial charge in [0, 0.05) is 23.3 Å². The van der Waals surface area contributed by atoms with Crippen LogP contribution in [0.4, 0.5) is 5.69 Å². The fraction of sp³-hybridized carbons (Fsp3) is 0.455. The molecule has 1 unspecified atom stereocenters. The van der Waals surface area contributed by atoms with Crippen LogP contribution >= 0.6 is 0 Å². The van der Waals surface area contributed by atoms with Crippen molar-refractivity contribution in [3.63, 3.8) is 0 Å². The highest BCUT2D eigenvalue weighted by Gasteiger charge is 2.39. The molecule has 0 saturated carbocycles. The predicted octanol–water partition coefficient (Wildman–Crippen LogP) is 4.39. The lowest BCUT2D eigenvalue weighted by molar-refractivity contribution is 0.0755. The molecule has 0 aliphatic carbocycles. The molecule has 0 radical (unpaired) electrons. The smallest absolute Gasteiger partial charge is 0.118 e. The average Bonchev–Trinajstić information content (AvgIpc) is 2.94. The molecule has 2 atom stereocenters. The highest BCUT2D eigenvalue weighted by molar-refractivity contribution is 5.39. The molecule has 0 spiro atoms. The summed E-state index contributed by atoms with van der Waals surface area (Å²) in [6, 6.07) is 17.0. The van der Waals surface area contributed by atoms with Gasteiger partial charge >= 0.3 is 0 Å². The molecule has 1 saturated heterocycles. The van der Waals surface area contributed by atoms with Crippen molar-refractivity contribution >= 4 is 5.69 Å². The van der Waals surface area contributed by atoms with Crippen molar-refractivity contribution in [3.8, 4) is 5.75 Å². The summed E-state index contributed by atoms with van der Waals surface area (Å²) in [6.07, 6.45) is 4.32. The molecule has 3 N–H and O–H groups in total. The molecule has 25 heavy (non-hydrogen) atoms. The summed E-state index contributed by atoms with van der Waals surface area (Å²) in [6.45, 7) is 6.89. The third-order valence-electron chi connectivity index (χ3n) is 5.29. The molecular formula is C22H30N2O. The molecule has 0 bridgehead atoms. The number of hydrogen-bond acceptors (Lipinski definition) is 3. The van der Waals surface area contributed by atoms with Crippen molar-refractivity contribution in [2.24, 2.45) is 0 Å². The summed E-state index contributed by atoms with van der Waals surface area (Å²) in [7, 11) is 0. The zero-order valence-electron chi connectivity index (χ0n) is 15.6. The minimum absolute atomic E-state index is 0.101. The van der Waals surface area contributed by atoms with Crippen LogP contribution in [0.15, 0.2) is 48.5 Å². The average molecular weight is 338 g/mol. The molecule has 0 amide bonds. The van der Waals surface area contributed by atoms with E-state index in [9.17, 15) is 5.11 Å². The molecule has 0 aromatic heterocycles. The largest absolute Gasteiger partial charge is 0.508 e. The standard InChI is InChI=1S/C22H30N2O/c1-22(2,3)24-19(14-16-8-10-18(23)11-9-16)12-13-20(24)15-17-6-4-5-7-21(17)25/h4-11,19-20,25H,12-15,23H2,1-3H3/t19?,20-/m1/s1. The van der Waals surface area contributed by atoms with Gasteiger partial charge in [-0.05, 0) is 75.8 Å². The lowest BCUT2D eigenvalue weighted by Crippen LogP contribution is -2.50. The van der Waals surface area contributed by atoms with Gasteiger partial charge in [0.15, 0.2) is 0 Å². The summed E-state index contributed by atoms with van der Waals surface area (Å²) in [5.74, 6) is 0.415. The first-order valence-electron chi connectivity index (χ1n) is 9.24. The first-order valence-corrected chi connectivity index (χ1v) is 9.24. The monoisotopic (exact) mass is 338 g/mol. The number of nitrogen functional groups attached to an aromatic ring is 1. The zero-order chi connectivity index (χ0) is 18.0. The topological polar surface area (TPSA) is 49.5 Å². The van der Waals surface area contributed by atoms with E-state index < -0.39 is 0 Å². The maximum absolute atomic E-state index is 10.2. The van der Waals surface area contributed by atoms with Gasteiger partial charge in [-0.2, -0.15) is 0 Å². The normalized spacial score (nSPS) is 21.6. The van der Waals surface area contributed by atoms with E-state index in [0.29, 0.717) is 17.8 Å². The minimum Gasteiger partial charge on any atom is -0.508 e. The van der Waals surface area contributed by atoms with Crippen LogP contribution < -0.4 is 5.73 Å². The van der Waals surface area contributed by atoms with Gasteiger partial charge in [0.25, 0.3) is 0 Å². The fourth-order valence-electron chi connectivity index (χ4n) is 4.32. The van der Waals surface area contributed by atoms with Gasteiger partial charge in [-0.3, -0.25) is 4.90 Å². The molecule has 2 aromatic rings. The molecule has 134 valence electrons. The maximum atomic E-state index is 10.2. The molecule has 3 rings (SSSR count). The summed E-state index contributed by atoms with van der Waals surface area (Å²) >= 11 is 0. The summed E-state index contributed by atoms with van der Waals surface area (Å²) in [4.78, 5) is 2.66. The van der Waals surface area contributed by atoms with Crippen molar-refractivity contribution in [1.82, 2.24) is 4.90 Å². The Morgan fingerprint density at radius 3 is 2.16 bits per heavy atom. The second-order valence-electron chi connectivity index (χ2n) is 8.24. The molecule has 3 nitrogen and oxygen atoms in total. The lowest BCUT2D eigenvalue weighted by atomic mass is 9.97. The quantitative estimate of drug-likeness (QED) is 0.813. The van der Waals surface area contributed by atoms with Gasteiger partial charge in [0.1, 0.15) is 5.75 Å². The SMILES string of the molecule is CC(C)(C)N1C(Cc2ccc(N)cc2)CC[C@@H]1Cc1ccccc1O. The molecule has 1 heterocycles. The van der Waals surface area contributed by atoms with Crippen LogP contribution in [0.5, 0.6) is 5.75 Å². The van der Waals surface area contributed by atoms with E-state index in [1.807, 2.05) is 30.3 Å². The van der Waals surface area contributed by atoms with Crippen LogP contribution in [0, 0.1) is 0 Å². The van der Waals surface area contributed by atoms with E-state index in [4.69, 9.17) is 5.73 Å². The third-order valence-corrected chi connectivity index (χ3v) is 5.29. The highest BCUT2D eigenvalue weighted by atomic mass is 16.3. The molecule has 1 aliphatic rings. The first-order chi connectivity index (χ1) is 11.8. The van der Waals surface area contributed by atoms with Crippen LogP contribution in [0.1, 0.15) is 44.7 Å². The van der Waals surface area contributed by atoms with Crippen LogP contribution in [0.3, 0.4) is 0 Å². The van der Waals surface area contributed by atoms with Crippen molar-refractivity contribution in [2.75, 3.05) is 5.73 Å². The van der Waals surface area contributed by atoms with E-state index in [-0.39, 0.29) is 5.54 Å². The Labute approximate surface area is 151 Å². The number of nitrogens with two attached hydrogens (primary N) is 1. The number of phenols is 1. The van der Waals surface area contributed by atoms with E-state index >= 15 is 0 Å². The highest BCUT2D eigenvalue weighted by Crippen LogP contribution is 2.36. The van der Waals surface area contributed by atoms with Gasteiger partial charge < -0.3 is 10.8 Å². The van der Waals surface area contributed by atoms with Crippen molar-refractivity contribution < 1.29 is 5.11 Å². The van der Waals surface area contributed by atoms with Gasteiger partial charge in [-0.15, -0.1) is 0 Å². The Morgan fingerprint density at radius 2 is 1.56 bits per heavy atom. The Hall–Kier alpha value is -2.00. The van der Waals surface area contributed by atoms with Crippen LogP contribution in [0.25, 0.3) is 0 Å². The maximum Gasteiger partial charge on any atom is 0.118 e. The zero-order valence-corrected chi connectivity index (χ0v) is 15.6. The minimum atomic E-state index is 0.101. The summed E-state index contributed by atoms with van der Waals surface area (Å²) < 4.78 is 0. The van der Waals surface area contributed by atoms with E-state index in [1.54, 1.807) is 6.07 Å². The number of anilines is 1. The van der Waals surface area contributed by atoms with Gasteiger partial charge in [-0.1, -0.05) is 30.3 Å². The number of aromatic hydroxyl groups is 1. The molecule has 1 aliphatic heterocycles. The van der Waals surface area contributed by atoms with Gasteiger partial charge in [-0.25, -0.2) is 0 Å². The summed E-state index contributed by atoms with van der Waals surface area (Å²) in [5.41, 5.74) is 9.14. The Balaban J connectivity index is 1.78. The Kier molecular flexibility index (Phi) is 5.05. The van der Waals surface area contributed by atoms with Gasteiger partial charge in [0.2, 0.25) is 0 Å². The van der Waals surface area contributed by atoms with Crippen LogP contribution in [0.2, 0.25) is 0 Å². The van der Waals surface area contributed by atoms with Crippen molar-refractivity contribution in [3.05, 3.63) is 59.7 Å². The summed E-state index contributed by atoms with van der Waals surface area (Å²) in [5, 5.41) is 10.2. The van der Waals surface area contributed by atoms with Crippen molar-refractivity contribution in [2.45, 2.75) is 64.1 Å². The third kappa shape index (κ3) is 4.16. The lowest BCUT2D eigenvalue weighted by Gasteiger charge is -2.41. The second kappa shape index (κ2) is 7.09. The first kappa shape index (κ1) is 17.8. The number of benzene rings is 2. The Bertz CT molecular complexity index is 703. The number of phenolic OH excluding ortho intramolecular Hbond substituents is 1. The predicted molar refractivity (Wildman–Crippen MR) is 105 cm³/mol. The number of hydrogen-bond donors (Lipinski definition) is 2. The van der Waals surface area contributed by atoms with E-state index in [0.717, 1.165) is 24.1 Å². The van der Waals surface area contributed by atoms with E-state index in [1.165, 1.54) is 18.4 Å². The second-order valence-corrected chi connectivity index (χ2v) is 8.24. The molecule has 2 aromatic carbocycles. The molecular weight excluding hydrogens is 308 g/mol. The number of likely N-dealkylation sites (tertiary alicyclic amines) is 1. The van der Waals surface area contributed by atoms with Crippen LogP contribution in [-0.2, 0) is 12.8 Å². The van der Waals surface area contributed by atoms with Crippen LogP contribution in [-0.4, -0.2) is 27.6 Å². The number of para-hydroxylation sites is 1.